The molecule has 3 aromatic rings. The molecule has 0 spiro atoms. The van der Waals surface area contributed by atoms with Crippen molar-refractivity contribution < 1.29 is 13.9 Å². The van der Waals surface area contributed by atoms with Gasteiger partial charge in [0.05, 0.1) is 16.5 Å². The number of hydrogen-bond acceptors (Lipinski definition) is 5. The summed E-state index contributed by atoms with van der Waals surface area (Å²) in [6.07, 6.45) is -0.536. The van der Waals surface area contributed by atoms with E-state index >= 15 is 0 Å². The molecule has 0 fully saturated rings. The second-order valence-electron chi connectivity index (χ2n) is 7.50. The molecule has 0 saturated heterocycles. The minimum absolute atomic E-state index is 0.0988. The van der Waals surface area contributed by atoms with Crippen LogP contribution in [-0.4, -0.2) is 26.4 Å². The number of carbonyl (C=O) groups is 1. The molecule has 1 aromatic heterocycles. The first-order valence-corrected chi connectivity index (χ1v) is 11.7. The molecule has 0 saturated carbocycles. The van der Waals surface area contributed by atoms with Crippen molar-refractivity contribution in [2.24, 2.45) is 5.92 Å². The Kier molecular flexibility index (Phi) is 8.39. The van der Waals surface area contributed by atoms with Crippen LogP contribution in [0.1, 0.15) is 32.7 Å². The van der Waals surface area contributed by atoms with E-state index in [2.05, 4.69) is 29.4 Å². The summed E-state index contributed by atoms with van der Waals surface area (Å²) < 4.78 is 21.7. The van der Waals surface area contributed by atoms with Crippen LogP contribution >= 0.6 is 35.0 Å². The number of aromatic nitrogens is 3. The Morgan fingerprint density at radius 1 is 1.19 bits per heavy atom. The van der Waals surface area contributed by atoms with Crippen molar-refractivity contribution in [1.82, 2.24) is 14.8 Å². The first-order chi connectivity index (χ1) is 15.2. The highest BCUT2D eigenvalue weighted by Crippen LogP contribution is 2.28. The third-order valence-corrected chi connectivity index (χ3v) is 5.86. The van der Waals surface area contributed by atoms with Gasteiger partial charge in [-0.1, -0.05) is 60.9 Å². The maximum Gasteiger partial charge on any atom is 0.234 e. The zero-order valence-electron chi connectivity index (χ0n) is 17.8. The fraction of sp³-hybridized carbons (Fsp3) is 0.318. The Bertz CT molecular complexity index is 1090. The number of nitrogens with one attached hydrogen (secondary N) is 1. The minimum atomic E-state index is -0.536. The molecule has 10 heteroatoms. The average Bonchev–Trinajstić information content (AvgIpc) is 3.13. The molecule has 0 aliphatic heterocycles. The lowest BCUT2D eigenvalue weighted by Crippen LogP contribution is -2.17. The van der Waals surface area contributed by atoms with E-state index in [1.165, 1.54) is 17.8 Å². The van der Waals surface area contributed by atoms with Gasteiger partial charge in [0.25, 0.3) is 0 Å². The summed E-state index contributed by atoms with van der Waals surface area (Å²) in [7, 11) is 0. The second kappa shape index (κ2) is 11.0. The van der Waals surface area contributed by atoms with E-state index in [0.29, 0.717) is 39.2 Å². The number of carbonyl (C=O) groups excluding carboxylic acids is 1. The zero-order valence-corrected chi connectivity index (χ0v) is 20.1. The molecule has 0 bridgehead atoms. The topological polar surface area (TPSA) is 69.0 Å². The van der Waals surface area contributed by atoms with E-state index in [1.807, 2.05) is 4.57 Å². The molecule has 6 nitrogen and oxygen atoms in total. The van der Waals surface area contributed by atoms with E-state index < -0.39 is 11.9 Å². The van der Waals surface area contributed by atoms with Crippen molar-refractivity contribution in [2.45, 2.75) is 38.6 Å². The van der Waals surface area contributed by atoms with Crippen molar-refractivity contribution >= 4 is 46.6 Å². The number of halogens is 3. The van der Waals surface area contributed by atoms with Crippen molar-refractivity contribution in [3.8, 4) is 5.75 Å². The maximum atomic E-state index is 14.0. The highest BCUT2D eigenvalue weighted by molar-refractivity contribution is 7.99. The fourth-order valence-corrected chi connectivity index (χ4v) is 4.03. The zero-order chi connectivity index (χ0) is 23.3. The molecular formula is C22H23Cl2FN4O2S. The van der Waals surface area contributed by atoms with Gasteiger partial charge >= 0.3 is 0 Å². The summed E-state index contributed by atoms with van der Waals surface area (Å²) in [4.78, 5) is 12.4. The number of benzene rings is 2. The van der Waals surface area contributed by atoms with Crippen LogP contribution in [0, 0.1) is 11.7 Å². The molecule has 0 radical (unpaired) electrons. The monoisotopic (exact) mass is 496 g/mol. The van der Waals surface area contributed by atoms with Crippen molar-refractivity contribution in [1.29, 1.82) is 0 Å². The van der Waals surface area contributed by atoms with E-state index in [9.17, 15) is 9.18 Å². The number of rotatable bonds is 9. The largest absolute Gasteiger partial charge is 0.480 e. The Morgan fingerprint density at radius 3 is 2.66 bits per heavy atom. The van der Waals surface area contributed by atoms with Crippen molar-refractivity contribution in [3.05, 3.63) is 64.2 Å². The van der Waals surface area contributed by atoms with Gasteiger partial charge in [-0.3, -0.25) is 4.79 Å². The van der Waals surface area contributed by atoms with E-state index in [-0.39, 0.29) is 17.4 Å². The summed E-state index contributed by atoms with van der Waals surface area (Å²) >= 11 is 13.3. The van der Waals surface area contributed by atoms with Gasteiger partial charge in [0, 0.05) is 11.6 Å². The number of amides is 1. The quantitative estimate of drug-likeness (QED) is 0.354. The fourth-order valence-electron chi connectivity index (χ4n) is 2.94. The molecule has 32 heavy (non-hydrogen) atoms. The smallest absolute Gasteiger partial charge is 0.234 e. The highest BCUT2D eigenvalue weighted by Gasteiger charge is 2.22. The molecule has 170 valence electrons. The second-order valence-corrected chi connectivity index (χ2v) is 9.28. The Morgan fingerprint density at radius 2 is 1.94 bits per heavy atom. The van der Waals surface area contributed by atoms with E-state index in [4.69, 9.17) is 27.9 Å². The molecule has 0 aliphatic rings. The van der Waals surface area contributed by atoms with Crippen LogP contribution in [0.3, 0.4) is 0 Å². The van der Waals surface area contributed by atoms with Gasteiger partial charge in [-0.25, -0.2) is 4.39 Å². The van der Waals surface area contributed by atoms with Gasteiger partial charge in [-0.15, -0.1) is 10.2 Å². The van der Waals surface area contributed by atoms with Gasteiger partial charge in [-0.05, 0) is 43.2 Å². The molecule has 2 aromatic carbocycles. The highest BCUT2D eigenvalue weighted by atomic mass is 35.5. The van der Waals surface area contributed by atoms with Gasteiger partial charge in [0.2, 0.25) is 5.91 Å². The third kappa shape index (κ3) is 6.37. The van der Waals surface area contributed by atoms with Crippen molar-refractivity contribution in [3.63, 3.8) is 0 Å². The Balaban J connectivity index is 1.72. The van der Waals surface area contributed by atoms with Crippen LogP contribution in [0.15, 0.2) is 47.6 Å². The number of ether oxygens (including phenoxy) is 1. The van der Waals surface area contributed by atoms with Gasteiger partial charge in [0.1, 0.15) is 0 Å². The minimum Gasteiger partial charge on any atom is -0.480 e. The van der Waals surface area contributed by atoms with Crippen LogP contribution in [0.4, 0.5) is 10.1 Å². The van der Waals surface area contributed by atoms with Gasteiger partial charge in [0.15, 0.2) is 28.7 Å². The predicted octanol–water partition coefficient (Wildman–Crippen LogP) is 6.25. The lowest BCUT2D eigenvalue weighted by molar-refractivity contribution is -0.113. The first-order valence-electron chi connectivity index (χ1n) is 9.96. The van der Waals surface area contributed by atoms with Gasteiger partial charge in [-0.2, -0.15) is 0 Å². The molecule has 3 rings (SSSR count). The van der Waals surface area contributed by atoms with Crippen LogP contribution in [0.2, 0.25) is 10.0 Å². The lowest BCUT2D eigenvalue weighted by atomic mass is 10.2. The molecule has 1 amide bonds. The Labute approximate surface area is 200 Å². The molecule has 1 atom stereocenters. The van der Waals surface area contributed by atoms with E-state index in [0.717, 1.165) is 0 Å². The standard InChI is InChI=1S/C22H23Cl2FN4O2S/c1-13(2)11-29-21(14(3)31-19-7-5-4-6-17(19)25)27-28-22(29)32-12-20(30)26-18-10-15(23)8-9-16(18)24/h4-10,13-14H,11-12H2,1-3H3,(H,26,30). The third-order valence-electron chi connectivity index (χ3n) is 4.33. The van der Waals surface area contributed by atoms with Gasteiger partial charge < -0.3 is 14.6 Å². The summed E-state index contributed by atoms with van der Waals surface area (Å²) in [5.41, 5.74) is 0.445. The van der Waals surface area contributed by atoms with E-state index in [1.54, 1.807) is 43.3 Å². The SMILES string of the molecule is CC(C)Cn1c(SCC(=O)Nc2cc(Cl)ccc2Cl)nnc1C(C)Oc1ccccc1F. The summed E-state index contributed by atoms with van der Waals surface area (Å²) in [5, 5.41) is 12.7. The summed E-state index contributed by atoms with van der Waals surface area (Å²) in [5.74, 6) is 0.398. The average molecular weight is 497 g/mol. The van der Waals surface area contributed by atoms with Crippen LogP contribution in [0.25, 0.3) is 0 Å². The number of anilines is 1. The lowest BCUT2D eigenvalue weighted by Gasteiger charge is -2.18. The predicted molar refractivity (Wildman–Crippen MR) is 126 cm³/mol. The molecule has 1 unspecified atom stereocenters. The molecular weight excluding hydrogens is 474 g/mol. The Hall–Kier alpha value is -2.29. The first kappa shape index (κ1) is 24.4. The molecule has 1 N–H and O–H groups in total. The van der Waals surface area contributed by atoms with Crippen LogP contribution in [0.5, 0.6) is 5.75 Å². The molecule has 0 aliphatic carbocycles. The van der Waals surface area contributed by atoms with Crippen molar-refractivity contribution in [2.75, 3.05) is 11.1 Å². The van der Waals surface area contributed by atoms with Crippen LogP contribution < -0.4 is 10.1 Å². The number of hydrogen-bond donors (Lipinski definition) is 1. The number of para-hydroxylation sites is 1. The summed E-state index contributed by atoms with van der Waals surface area (Å²) in [6, 6.07) is 11.1. The molecule has 1 heterocycles. The normalized spacial score (nSPS) is 12.1. The number of nitrogens with zero attached hydrogens (tertiary/aromatic N) is 3. The maximum absolute atomic E-state index is 14.0. The summed E-state index contributed by atoms with van der Waals surface area (Å²) in [6.45, 7) is 6.54. The van der Waals surface area contributed by atoms with Crippen LogP contribution in [-0.2, 0) is 11.3 Å². The number of thioether (sulfide) groups is 1.